The van der Waals surface area contributed by atoms with Gasteiger partial charge in [-0.3, -0.25) is 0 Å². The van der Waals surface area contributed by atoms with Crippen LogP contribution in [0.3, 0.4) is 0 Å². The van der Waals surface area contributed by atoms with Gasteiger partial charge < -0.3 is 19.9 Å². The van der Waals surface area contributed by atoms with E-state index in [0.29, 0.717) is 11.5 Å². The van der Waals surface area contributed by atoms with Gasteiger partial charge in [0.25, 0.3) is 0 Å². The standard InChI is InChI=1S/C28H27NO3/c1-16-6-8-18(9-7-16)14-23-25-19(26-22(32-23)13-12-21(30)27(26)31-5)10-11-20-24(25)17(2)15-28(3,4)29-20/h6-15,29-30H,1-5H3/b23-14-. The Kier molecular flexibility index (Phi) is 4.55. The summed E-state index contributed by atoms with van der Waals surface area (Å²) >= 11 is 0. The number of hydrogen-bond acceptors (Lipinski definition) is 4. The van der Waals surface area contributed by atoms with Gasteiger partial charge in [0.2, 0.25) is 0 Å². The van der Waals surface area contributed by atoms with Gasteiger partial charge in [0.15, 0.2) is 11.5 Å². The number of aromatic hydroxyl groups is 1. The summed E-state index contributed by atoms with van der Waals surface area (Å²) < 4.78 is 12.1. The number of allylic oxidation sites excluding steroid dienone is 1. The molecule has 4 nitrogen and oxygen atoms in total. The van der Waals surface area contributed by atoms with Crippen LogP contribution < -0.4 is 14.8 Å². The number of anilines is 1. The molecule has 4 heteroatoms. The van der Waals surface area contributed by atoms with Gasteiger partial charge in [-0.05, 0) is 63.1 Å². The predicted octanol–water partition coefficient (Wildman–Crippen LogP) is 6.87. The molecule has 2 aliphatic heterocycles. The van der Waals surface area contributed by atoms with E-state index in [1.807, 2.05) is 0 Å². The van der Waals surface area contributed by atoms with Gasteiger partial charge in [-0.2, -0.15) is 0 Å². The molecule has 162 valence electrons. The van der Waals surface area contributed by atoms with Gasteiger partial charge >= 0.3 is 0 Å². The van der Waals surface area contributed by atoms with E-state index < -0.39 is 0 Å². The van der Waals surface area contributed by atoms with E-state index in [4.69, 9.17) is 9.47 Å². The van der Waals surface area contributed by atoms with Crippen molar-refractivity contribution < 1.29 is 14.6 Å². The summed E-state index contributed by atoms with van der Waals surface area (Å²) in [6.07, 6.45) is 4.32. The summed E-state index contributed by atoms with van der Waals surface area (Å²) in [6, 6.07) is 16.0. The molecule has 0 saturated heterocycles. The summed E-state index contributed by atoms with van der Waals surface area (Å²) in [5.41, 5.74) is 8.23. The lowest BCUT2D eigenvalue weighted by molar-refractivity contribution is 0.371. The predicted molar refractivity (Wildman–Crippen MR) is 131 cm³/mol. The third kappa shape index (κ3) is 3.23. The number of ether oxygens (including phenoxy) is 2. The monoisotopic (exact) mass is 425 g/mol. The molecule has 0 aromatic heterocycles. The van der Waals surface area contributed by atoms with Crippen molar-refractivity contribution >= 4 is 23.1 Å². The quantitative estimate of drug-likeness (QED) is 0.470. The molecule has 3 aromatic carbocycles. The molecule has 2 heterocycles. The Morgan fingerprint density at radius 2 is 1.69 bits per heavy atom. The van der Waals surface area contributed by atoms with Crippen molar-refractivity contribution in [2.75, 3.05) is 12.4 Å². The summed E-state index contributed by atoms with van der Waals surface area (Å²) in [7, 11) is 1.57. The summed E-state index contributed by atoms with van der Waals surface area (Å²) in [5.74, 6) is 1.95. The van der Waals surface area contributed by atoms with E-state index in [1.165, 1.54) is 11.1 Å². The Morgan fingerprint density at radius 3 is 2.41 bits per heavy atom. The van der Waals surface area contributed by atoms with E-state index >= 15 is 0 Å². The maximum absolute atomic E-state index is 10.5. The molecule has 32 heavy (non-hydrogen) atoms. The first-order valence-electron chi connectivity index (χ1n) is 10.8. The van der Waals surface area contributed by atoms with Crippen LogP contribution >= 0.6 is 0 Å². The third-order valence-corrected chi connectivity index (χ3v) is 6.05. The number of aryl methyl sites for hydroxylation is 1. The molecule has 0 radical (unpaired) electrons. The first kappa shape index (κ1) is 20.3. The number of fused-ring (bicyclic) bond motifs is 5. The van der Waals surface area contributed by atoms with Crippen LogP contribution in [0.4, 0.5) is 5.69 Å². The van der Waals surface area contributed by atoms with Gasteiger partial charge in [-0.15, -0.1) is 0 Å². The molecule has 0 spiro atoms. The van der Waals surface area contributed by atoms with Crippen molar-refractivity contribution in [2.45, 2.75) is 33.2 Å². The van der Waals surface area contributed by atoms with E-state index in [9.17, 15) is 5.11 Å². The fourth-order valence-electron chi connectivity index (χ4n) is 4.76. The van der Waals surface area contributed by atoms with Crippen LogP contribution in [0.15, 0.2) is 54.6 Å². The van der Waals surface area contributed by atoms with Gasteiger partial charge in [-0.25, -0.2) is 0 Å². The molecule has 0 amide bonds. The minimum absolute atomic E-state index is 0.0935. The van der Waals surface area contributed by atoms with Crippen LogP contribution in [-0.4, -0.2) is 17.8 Å². The number of nitrogens with one attached hydrogen (secondary N) is 1. The van der Waals surface area contributed by atoms with Crippen LogP contribution in [-0.2, 0) is 0 Å². The van der Waals surface area contributed by atoms with Gasteiger partial charge in [-0.1, -0.05) is 42.0 Å². The molecule has 0 atom stereocenters. The van der Waals surface area contributed by atoms with Crippen LogP contribution in [0.25, 0.3) is 28.5 Å². The summed E-state index contributed by atoms with van der Waals surface area (Å²) in [6.45, 7) is 8.54. The first-order valence-corrected chi connectivity index (χ1v) is 10.8. The number of benzene rings is 3. The van der Waals surface area contributed by atoms with Gasteiger partial charge in [0.05, 0.1) is 18.2 Å². The largest absolute Gasteiger partial charge is 0.504 e. The zero-order chi connectivity index (χ0) is 22.6. The summed E-state index contributed by atoms with van der Waals surface area (Å²) in [5, 5.41) is 14.1. The Morgan fingerprint density at radius 1 is 0.938 bits per heavy atom. The van der Waals surface area contributed by atoms with E-state index in [-0.39, 0.29) is 11.3 Å². The van der Waals surface area contributed by atoms with Crippen molar-refractivity contribution in [1.82, 2.24) is 0 Å². The summed E-state index contributed by atoms with van der Waals surface area (Å²) in [4.78, 5) is 0. The second-order valence-electron chi connectivity index (χ2n) is 9.10. The zero-order valence-electron chi connectivity index (χ0n) is 19.0. The highest BCUT2D eigenvalue weighted by atomic mass is 16.5. The van der Waals surface area contributed by atoms with Crippen LogP contribution in [0, 0.1) is 6.92 Å². The van der Waals surface area contributed by atoms with Crippen LogP contribution in [0.2, 0.25) is 0 Å². The first-order chi connectivity index (χ1) is 15.3. The maximum Gasteiger partial charge on any atom is 0.172 e. The average Bonchev–Trinajstić information content (AvgIpc) is 2.74. The van der Waals surface area contributed by atoms with Crippen molar-refractivity contribution in [3.8, 4) is 28.4 Å². The maximum atomic E-state index is 10.5. The Labute approximate surface area is 188 Å². The SMILES string of the molecule is COc1c(O)ccc2c1-c1ccc3c(c1/C(=C/c1ccc(C)cc1)O2)C(C)=CC(C)(C)N3. The molecule has 0 aliphatic carbocycles. The fourth-order valence-corrected chi connectivity index (χ4v) is 4.76. The number of rotatable bonds is 2. The molecule has 0 unspecified atom stereocenters. The fraction of sp³-hybridized carbons (Fsp3) is 0.214. The lowest BCUT2D eigenvalue weighted by Crippen LogP contribution is -2.32. The molecular formula is C28H27NO3. The second-order valence-corrected chi connectivity index (χ2v) is 9.10. The number of methoxy groups -OCH3 is 1. The third-order valence-electron chi connectivity index (χ3n) is 6.05. The minimum Gasteiger partial charge on any atom is -0.504 e. The van der Waals surface area contributed by atoms with Crippen molar-refractivity contribution in [3.05, 3.63) is 76.9 Å². The highest BCUT2D eigenvalue weighted by Crippen LogP contribution is 2.54. The second kappa shape index (κ2) is 7.20. The molecule has 0 fully saturated rings. The molecule has 0 saturated carbocycles. The molecule has 5 rings (SSSR count). The molecule has 2 aliphatic rings. The van der Waals surface area contributed by atoms with E-state index in [1.54, 1.807) is 19.2 Å². The smallest absolute Gasteiger partial charge is 0.172 e. The highest BCUT2D eigenvalue weighted by Gasteiger charge is 2.33. The van der Waals surface area contributed by atoms with Gasteiger partial charge in [0.1, 0.15) is 11.5 Å². The van der Waals surface area contributed by atoms with E-state index in [2.05, 4.69) is 81.6 Å². The number of hydrogen-bond donors (Lipinski definition) is 2. The minimum atomic E-state index is -0.143. The van der Waals surface area contributed by atoms with E-state index in [0.717, 1.165) is 39.3 Å². The number of phenols is 1. The Bertz CT molecular complexity index is 1300. The molecule has 2 N–H and O–H groups in total. The lowest BCUT2D eigenvalue weighted by Gasteiger charge is -2.35. The normalized spacial score (nSPS) is 16.8. The highest BCUT2D eigenvalue weighted by molar-refractivity contribution is 6.02. The topological polar surface area (TPSA) is 50.7 Å². The Balaban J connectivity index is 1.83. The number of phenolic OH excluding ortho intramolecular Hbond substituents is 1. The lowest BCUT2D eigenvalue weighted by atomic mass is 9.83. The molecule has 3 aromatic rings. The van der Waals surface area contributed by atoms with Gasteiger partial charge in [0, 0.05) is 22.4 Å². The van der Waals surface area contributed by atoms with Crippen LogP contribution in [0.5, 0.6) is 17.2 Å². The Hall–Kier alpha value is -3.66. The molecule has 0 bridgehead atoms. The van der Waals surface area contributed by atoms with Crippen molar-refractivity contribution in [1.29, 1.82) is 0 Å². The van der Waals surface area contributed by atoms with Crippen molar-refractivity contribution in [3.63, 3.8) is 0 Å². The molecular weight excluding hydrogens is 398 g/mol. The van der Waals surface area contributed by atoms with Crippen molar-refractivity contribution in [2.24, 2.45) is 0 Å². The average molecular weight is 426 g/mol. The zero-order valence-corrected chi connectivity index (χ0v) is 19.0. The van der Waals surface area contributed by atoms with Crippen LogP contribution in [0.1, 0.15) is 43.0 Å².